The second-order valence-electron chi connectivity index (χ2n) is 3.33. The largest absolute Gasteiger partial charge is 0.463 e. The lowest BCUT2D eigenvalue weighted by molar-refractivity contribution is 0.192. The van der Waals surface area contributed by atoms with Crippen molar-refractivity contribution < 1.29 is 9.90 Å². The molecule has 76 valence electrons. The van der Waals surface area contributed by atoms with Gasteiger partial charge in [-0.3, -0.25) is 0 Å². The molecule has 0 atom stereocenters. The molecule has 15 heavy (non-hydrogen) atoms. The number of hydrogen-bond acceptors (Lipinski definition) is 2. The number of nitrogens with zero attached hydrogens (tertiary/aromatic N) is 2. The normalized spacial score (nSPS) is 10.2. The maximum atomic E-state index is 10.6. The highest BCUT2D eigenvalue weighted by atomic mass is 16.4. The molecule has 0 fully saturated rings. The first-order chi connectivity index (χ1) is 7.16. The maximum absolute atomic E-state index is 10.6. The van der Waals surface area contributed by atoms with Crippen molar-refractivity contribution in [2.75, 3.05) is 0 Å². The summed E-state index contributed by atoms with van der Waals surface area (Å²) in [7, 11) is 0. The summed E-state index contributed by atoms with van der Waals surface area (Å²) in [5, 5.41) is 12.4. The smallest absolute Gasteiger partial charge is 0.432 e. The van der Waals surface area contributed by atoms with Gasteiger partial charge in [-0.2, -0.15) is 9.78 Å². The van der Waals surface area contributed by atoms with E-state index < -0.39 is 6.09 Å². The average Bonchev–Trinajstić information content (AvgIpc) is 2.66. The van der Waals surface area contributed by atoms with Gasteiger partial charge in [0, 0.05) is 11.8 Å². The van der Waals surface area contributed by atoms with Crippen LogP contribution >= 0.6 is 0 Å². The average molecular weight is 202 g/mol. The molecule has 2 aromatic rings. The summed E-state index contributed by atoms with van der Waals surface area (Å²) in [6, 6.07) is 7.84. The Morgan fingerprint density at radius 2 is 2.20 bits per heavy atom. The van der Waals surface area contributed by atoms with Crippen molar-refractivity contribution in [1.29, 1.82) is 0 Å². The lowest BCUT2D eigenvalue weighted by Crippen LogP contribution is -2.07. The lowest BCUT2D eigenvalue weighted by Gasteiger charge is -1.97. The van der Waals surface area contributed by atoms with Crippen LogP contribution < -0.4 is 0 Å². The van der Waals surface area contributed by atoms with Crippen molar-refractivity contribution in [2.45, 2.75) is 6.92 Å². The van der Waals surface area contributed by atoms with Gasteiger partial charge in [-0.1, -0.05) is 29.8 Å². The fourth-order valence-electron chi connectivity index (χ4n) is 1.40. The molecule has 0 aliphatic heterocycles. The Balaban J connectivity index is 2.41. The molecule has 1 heterocycles. The Bertz CT molecular complexity index is 503. The third kappa shape index (κ3) is 1.88. The predicted octanol–water partition coefficient (Wildman–Crippen LogP) is 2.38. The maximum Gasteiger partial charge on any atom is 0.432 e. The van der Waals surface area contributed by atoms with Crippen LogP contribution in [0.1, 0.15) is 5.56 Å². The van der Waals surface area contributed by atoms with Gasteiger partial charge in [-0.25, -0.2) is 4.79 Å². The van der Waals surface area contributed by atoms with Crippen LogP contribution in [-0.4, -0.2) is 21.0 Å². The third-order valence-electron chi connectivity index (χ3n) is 2.13. The lowest BCUT2D eigenvalue weighted by atomic mass is 10.1. The first-order valence-corrected chi connectivity index (χ1v) is 4.52. The van der Waals surface area contributed by atoms with Crippen LogP contribution in [0.3, 0.4) is 0 Å². The summed E-state index contributed by atoms with van der Waals surface area (Å²) >= 11 is 0. The summed E-state index contributed by atoms with van der Waals surface area (Å²) in [4.78, 5) is 10.6. The van der Waals surface area contributed by atoms with E-state index in [-0.39, 0.29) is 0 Å². The van der Waals surface area contributed by atoms with Crippen molar-refractivity contribution >= 4 is 6.09 Å². The second-order valence-corrected chi connectivity index (χ2v) is 3.33. The van der Waals surface area contributed by atoms with Crippen LogP contribution in [0.4, 0.5) is 4.79 Å². The molecule has 4 heteroatoms. The van der Waals surface area contributed by atoms with Gasteiger partial charge in [0.05, 0.1) is 6.20 Å². The molecule has 4 nitrogen and oxygen atoms in total. The molecule has 0 spiro atoms. The van der Waals surface area contributed by atoms with E-state index in [0.29, 0.717) is 0 Å². The Hall–Kier alpha value is -2.10. The van der Waals surface area contributed by atoms with Crippen LogP contribution in [-0.2, 0) is 0 Å². The zero-order chi connectivity index (χ0) is 10.8. The SMILES string of the molecule is Cc1cccc(-c2cnn(C(=O)O)c2)c1. The van der Waals surface area contributed by atoms with Gasteiger partial charge >= 0.3 is 6.09 Å². The minimum Gasteiger partial charge on any atom is -0.463 e. The van der Waals surface area contributed by atoms with Crippen LogP contribution in [0.5, 0.6) is 0 Å². The molecule has 0 aliphatic rings. The summed E-state index contributed by atoms with van der Waals surface area (Å²) in [6.45, 7) is 1.99. The predicted molar refractivity (Wildman–Crippen MR) is 55.8 cm³/mol. The van der Waals surface area contributed by atoms with E-state index >= 15 is 0 Å². The van der Waals surface area contributed by atoms with Crippen molar-refractivity contribution in [1.82, 2.24) is 9.78 Å². The highest BCUT2D eigenvalue weighted by molar-refractivity contribution is 5.70. The fraction of sp³-hybridized carbons (Fsp3) is 0.0909. The van der Waals surface area contributed by atoms with Gasteiger partial charge in [0.25, 0.3) is 0 Å². The fourth-order valence-corrected chi connectivity index (χ4v) is 1.40. The van der Waals surface area contributed by atoms with E-state index in [9.17, 15) is 4.79 Å². The first kappa shape index (κ1) is 9.45. The molecular weight excluding hydrogens is 192 g/mol. The first-order valence-electron chi connectivity index (χ1n) is 4.52. The molecule has 1 aromatic carbocycles. The Morgan fingerprint density at radius 1 is 1.40 bits per heavy atom. The van der Waals surface area contributed by atoms with Gasteiger partial charge in [0.15, 0.2) is 0 Å². The van der Waals surface area contributed by atoms with Gasteiger partial charge in [0.2, 0.25) is 0 Å². The van der Waals surface area contributed by atoms with E-state index in [2.05, 4.69) is 5.10 Å². The van der Waals surface area contributed by atoms with Gasteiger partial charge in [0.1, 0.15) is 0 Å². The zero-order valence-electron chi connectivity index (χ0n) is 8.21. The van der Waals surface area contributed by atoms with E-state index in [1.54, 1.807) is 6.20 Å². The number of hydrogen-bond donors (Lipinski definition) is 1. The third-order valence-corrected chi connectivity index (χ3v) is 2.13. The Labute approximate surface area is 86.8 Å². The molecule has 0 bridgehead atoms. The van der Waals surface area contributed by atoms with Crippen LogP contribution in [0, 0.1) is 6.92 Å². The highest BCUT2D eigenvalue weighted by Crippen LogP contribution is 2.19. The zero-order valence-corrected chi connectivity index (χ0v) is 8.21. The summed E-state index contributed by atoms with van der Waals surface area (Å²) < 4.78 is 0.900. The molecule has 0 radical (unpaired) electrons. The Kier molecular flexibility index (Phi) is 2.25. The number of aryl methyl sites for hydroxylation is 1. The summed E-state index contributed by atoms with van der Waals surface area (Å²) in [6.07, 6.45) is 1.97. The van der Waals surface area contributed by atoms with Crippen LogP contribution in [0.25, 0.3) is 11.1 Å². The molecule has 1 aromatic heterocycles. The summed E-state index contributed by atoms with van der Waals surface area (Å²) in [5.41, 5.74) is 2.92. The monoisotopic (exact) mass is 202 g/mol. The van der Waals surface area contributed by atoms with Crippen molar-refractivity contribution in [2.24, 2.45) is 0 Å². The highest BCUT2D eigenvalue weighted by Gasteiger charge is 2.05. The van der Waals surface area contributed by atoms with Crippen molar-refractivity contribution in [3.05, 3.63) is 42.2 Å². The topological polar surface area (TPSA) is 55.1 Å². The Morgan fingerprint density at radius 3 is 2.80 bits per heavy atom. The minimum absolute atomic E-state index is 0.807. The van der Waals surface area contributed by atoms with Crippen molar-refractivity contribution in [3.8, 4) is 11.1 Å². The molecule has 2 rings (SSSR count). The standard InChI is InChI=1S/C11H10N2O2/c1-8-3-2-4-9(5-8)10-6-12-13(7-10)11(14)15/h2-7H,1H3,(H,14,15). The van der Waals surface area contributed by atoms with E-state index in [1.165, 1.54) is 6.20 Å². The quantitative estimate of drug-likeness (QED) is 0.772. The number of carboxylic acid groups (broad SMARTS) is 1. The van der Waals surface area contributed by atoms with E-state index in [4.69, 9.17) is 5.11 Å². The molecule has 1 N–H and O–H groups in total. The number of rotatable bonds is 1. The van der Waals surface area contributed by atoms with Crippen molar-refractivity contribution in [3.63, 3.8) is 0 Å². The van der Waals surface area contributed by atoms with Crippen LogP contribution in [0.15, 0.2) is 36.7 Å². The minimum atomic E-state index is -1.08. The van der Waals surface area contributed by atoms with Crippen LogP contribution in [0.2, 0.25) is 0 Å². The number of benzene rings is 1. The number of aromatic nitrogens is 2. The van der Waals surface area contributed by atoms with Gasteiger partial charge in [-0.15, -0.1) is 0 Å². The molecule has 0 amide bonds. The molecule has 0 saturated carbocycles. The molecular formula is C11H10N2O2. The number of carbonyl (C=O) groups is 1. The van der Waals surface area contributed by atoms with Gasteiger partial charge in [-0.05, 0) is 12.5 Å². The second kappa shape index (κ2) is 3.57. The molecule has 0 aliphatic carbocycles. The van der Waals surface area contributed by atoms with Gasteiger partial charge < -0.3 is 5.11 Å². The molecule has 0 saturated heterocycles. The molecule has 0 unspecified atom stereocenters. The van der Waals surface area contributed by atoms with E-state index in [0.717, 1.165) is 21.4 Å². The van der Waals surface area contributed by atoms with E-state index in [1.807, 2.05) is 31.2 Å². The summed E-state index contributed by atoms with van der Waals surface area (Å²) in [5.74, 6) is 0.